The van der Waals surface area contributed by atoms with Crippen LogP contribution >= 0.6 is 11.3 Å². The average Bonchev–Trinajstić information content (AvgIpc) is 3.08. The zero-order valence-corrected chi connectivity index (χ0v) is 13.8. The quantitative estimate of drug-likeness (QED) is 0.406. The van der Waals surface area contributed by atoms with Gasteiger partial charge in [0.2, 0.25) is 0 Å². The van der Waals surface area contributed by atoms with Crippen LogP contribution in [0.15, 0.2) is 34.4 Å². The van der Waals surface area contributed by atoms with Crippen molar-refractivity contribution in [2.24, 2.45) is 0 Å². The zero-order valence-electron chi connectivity index (χ0n) is 12.9. The van der Waals surface area contributed by atoms with Crippen molar-refractivity contribution in [3.05, 3.63) is 61.5 Å². The van der Waals surface area contributed by atoms with Crippen LogP contribution in [0.2, 0.25) is 0 Å². The summed E-state index contributed by atoms with van der Waals surface area (Å²) in [5.74, 6) is -0.551. The molecule has 0 aliphatic rings. The van der Waals surface area contributed by atoms with Gasteiger partial charge in [-0.2, -0.15) is 0 Å². The van der Waals surface area contributed by atoms with Gasteiger partial charge in [-0.15, -0.1) is 11.3 Å². The summed E-state index contributed by atoms with van der Waals surface area (Å²) in [4.78, 5) is 41.1. The Morgan fingerprint density at radius 2 is 2.24 bits per heavy atom. The molecule has 0 atom stereocenters. The van der Waals surface area contributed by atoms with Gasteiger partial charge in [0.15, 0.2) is 0 Å². The Kier molecular flexibility index (Phi) is 4.44. The number of hydrogen-bond acceptors (Lipinski definition) is 8. The number of aromatic nitrogens is 2. The fourth-order valence-electron chi connectivity index (χ4n) is 2.23. The molecule has 0 unspecified atom stereocenters. The van der Waals surface area contributed by atoms with Gasteiger partial charge < -0.3 is 15.0 Å². The predicted molar refractivity (Wildman–Crippen MR) is 92.0 cm³/mol. The van der Waals surface area contributed by atoms with Crippen LogP contribution in [0, 0.1) is 10.1 Å². The number of anilines is 1. The summed E-state index contributed by atoms with van der Waals surface area (Å²) in [6.07, 6.45) is 0. The molecule has 2 heterocycles. The van der Waals surface area contributed by atoms with Crippen molar-refractivity contribution >= 4 is 38.9 Å². The zero-order chi connectivity index (χ0) is 18.0. The van der Waals surface area contributed by atoms with Gasteiger partial charge in [0.05, 0.1) is 16.0 Å². The fourth-order valence-corrected chi connectivity index (χ4v) is 2.95. The molecule has 3 aromatic rings. The van der Waals surface area contributed by atoms with Gasteiger partial charge in [0.25, 0.3) is 11.2 Å². The Labute approximate surface area is 144 Å². The van der Waals surface area contributed by atoms with E-state index in [0.29, 0.717) is 10.2 Å². The van der Waals surface area contributed by atoms with Crippen LogP contribution in [0.1, 0.15) is 16.2 Å². The Morgan fingerprint density at radius 1 is 1.44 bits per heavy atom. The topological polar surface area (TPSA) is 127 Å². The predicted octanol–water partition coefficient (Wildman–Crippen LogP) is 2.29. The molecule has 2 aromatic heterocycles. The second kappa shape index (κ2) is 6.69. The summed E-state index contributed by atoms with van der Waals surface area (Å²) in [7, 11) is 1.54. The van der Waals surface area contributed by atoms with Gasteiger partial charge in [-0.05, 0) is 23.6 Å². The highest BCUT2D eigenvalue weighted by Crippen LogP contribution is 2.25. The second-order valence-electron chi connectivity index (χ2n) is 4.96. The molecule has 0 amide bonds. The minimum atomic E-state index is -0.751. The molecule has 25 heavy (non-hydrogen) atoms. The second-order valence-corrected chi connectivity index (χ2v) is 5.88. The van der Waals surface area contributed by atoms with E-state index in [9.17, 15) is 19.7 Å². The van der Waals surface area contributed by atoms with Gasteiger partial charge in [0.1, 0.15) is 22.8 Å². The maximum Gasteiger partial charge on any atom is 0.338 e. The van der Waals surface area contributed by atoms with E-state index in [4.69, 9.17) is 4.74 Å². The molecular weight excluding hydrogens is 348 g/mol. The number of hydrogen-bond donors (Lipinski definition) is 2. The van der Waals surface area contributed by atoms with Crippen molar-refractivity contribution in [2.75, 3.05) is 12.4 Å². The van der Waals surface area contributed by atoms with Gasteiger partial charge in [-0.1, -0.05) is 0 Å². The van der Waals surface area contributed by atoms with Gasteiger partial charge in [-0.3, -0.25) is 14.9 Å². The van der Waals surface area contributed by atoms with Crippen molar-refractivity contribution in [3.8, 4) is 0 Å². The Balaban J connectivity index is 1.79. The number of carbonyl (C=O) groups excluding carboxylic acids is 1. The van der Waals surface area contributed by atoms with E-state index in [2.05, 4.69) is 15.3 Å². The fraction of sp³-hybridized carbons (Fsp3) is 0.133. The summed E-state index contributed by atoms with van der Waals surface area (Å²) in [5, 5.41) is 15.5. The van der Waals surface area contributed by atoms with E-state index in [1.807, 2.05) is 0 Å². The highest BCUT2D eigenvalue weighted by Gasteiger charge is 2.18. The van der Waals surface area contributed by atoms with Gasteiger partial charge >= 0.3 is 5.97 Å². The first-order chi connectivity index (χ1) is 12.0. The first-order valence-electron chi connectivity index (χ1n) is 7.09. The van der Waals surface area contributed by atoms with Crippen molar-refractivity contribution < 1.29 is 14.5 Å². The number of benzene rings is 1. The molecule has 0 fully saturated rings. The minimum Gasteiger partial charge on any atom is -0.454 e. The number of nitro groups is 1. The van der Waals surface area contributed by atoms with E-state index >= 15 is 0 Å². The molecule has 0 aliphatic carbocycles. The largest absolute Gasteiger partial charge is 0.454 e. The summed E-state index contributed by atoms with van der Waals surface area (Å²) in [5.41, 5.74) is 0.303. The Bertz CT molecular complexity index is 1030. The molecule has 0 saturated carbocycles. The van der Waals surface area contributed by atoms with Crippen LogP contribution in [-0.4, -0.2) is 27.9 Å². The molecule has 128 valence electrons. The molecule has 0 aliphatic heterocycles. The van der Waals surface area contributed by atoms with Crippen molar-refractivity contribution in [1.29, 1.82) is 0 Å². The molecule has 0 spiro atoms. The van der Waals surface area contributed by atoms with Gasteiger partial charge in [-0.25, -0.2) is 9.78 Å². The number of ether oxygens (including phenoxy) is 1. The number of rotatable bonds is 5. The maximum atomic E-state index is 12.1. The number of nitrogens with one attached hydrogen (secondary N) is 2. The Hall–Kier alpha value is -3.27. The molecule has 0 bridgehead atoms. The lowest BCUT2D eigenvalue weighted by Crippen LogP contribution is -2.13. The van der Waals surface area contributed by atoms with Crippen LogP contribution < -0.4 is 10.9 Å². The first kappa shape index (κ1) is 16.6. The monoisotopic (exact) mass is 360 g/mol. The summed E-state index contributed by atoms with van der Waals surface area (Å²) >= 11 is 1.27. The van der Waals surface area contributed by atoms with Crippen LogP contribution in [-0.2, 0) is 11.3 Å². The van der Waals surface area contributed by atoms with Crippen molar-refractivity contribution in [3.63, 3.8) is 0 Å². The first-order valence-corrected chi connectivity index (χ1v) is 7.97. The third-order valence-electron chi connectivity index (χ3n) is 3.40. The molecule has 2 N–H and O–H groups in total. The minimum absolute atomic E-state index is 0.0321. The van der Waals surface area contributed by atoms with Gasteiger partial charge in [0, 0.05) is 13.1 Å². The lowest BCUT2D eigenvalue weighted by Gasteiger charge is -2.06. The van der Waals surface area contributed by atoms with E-state index in [1.165, 1.54) is 23.5 Å². The smallest absolute Gasteiger partial charge is 0.338 e. The maximum absolute atomic E-state index is 12.1. The van der Waals surface area contributed by atoms with Crippen molar-refractivity contribution in [2.45, 2.75) is 6.61 Å². The van der Waals surface area contributed by atoms with Crippen LogP contribution in [0.4, 0.5) is 11.4 Å². The lowest BCUT2D eigenvalue weighted by molar-refractivity contribution is -0.384. The number of esters is 1. The molecule has 0 radical (unpaired) electrons. The number of carbonyl (C=O) groups is 1. The van der Waals surface area contributed by atoms with E-state index in [-0.39, 0.29) is 34.9 Å². The number of fused-ring (bicyclic) bond motifs is 1. The summed E-state index contributed by atoms with van der Waals surface area (Å²) in [6.45, 7) is -0.249. The number of nitrogens with zero attached hydrogens (tertiary/aromatic N) is 2. The average molecular weight is 360 g/mol. The SMILES string of the molecule is CNc1ccc(C(=O)OCc2nc3ccsc3c(=O)[nH]2)cc1[N+](=O)[O-]. The molecule has 0 saturated heterocycles. The summed E-state index contributed by atoms with van der Waals surface area (Å²) in [6, 6.07) is 5.67. The van der Waals surface area contributed by atoms with E-state index < -0.39 is 10.9 Å². The van der Waals surface area contributed by atoms with Crippen LogP contribution in [0.5, 0.6) is 0 Å². The summed E-state index contributed by atoms with van der Waals surface area (Å²) < 4.78 is 5.59. The Morgan fingerprint density at radius 3 is 2.96 bits per heavy atom. The highest BCUT2D eigenvalue weighted by atomic mass is 32.1. The number of nitro benzene ring substituents is 1. The van der Waals surface area contributed by atoms with E-state index in [1.54, 1.807) is 18.5 Å². The molecular formula is C15H12N4O5S. The molecule has 10 heteroatoms. The van der Waals surface area contributed by atoms with Crippen LogP contribution in [0.25, 0.3) is 10.2 Å². The van der Waals surface area contributed by atoms with Crippen molar-refractivity contribution in [1.82, 2.24) is 9.97 Å². The number of thiophene rings is 1. The normalized spacial score (nSPS) is 10.6. The lowest BCUT2D eigenvalue weighted by atomic mass is 10.1. The highest BCUT2D eigenvalue weighted by molar-refractivity contribution is 7.17. The molecule has 9 nitrogen and oxygen atoms in total. The third kappa shape index (κ3) is 3.33. The third-order valence-corrected chi connectivity index (χ3v) is 4.31. The molecule has 1 aromatic carbocycles. The number of aromatic amines is 1. The van der Waals surface area contributed by atoms with E-state index in [0.717, 1.165) is 6.07 Å². The molecule has 3 rings (SSSR count). The van der Waals surface area contributed by atoms with Crippen LogP contribution in [0.3, 0.4) is 0 Å². The standard InChI is InChI=1S/C15H12N4O5S/c1-16-9-3-2-8(6-11(9)19(22)23)15(21)24-7-12-17-10-4-5-25-13(10)14(20)18-12/h2-6,16H,7H2,1H3,(H,17,18,20). The number of H-pyrrole nitrogens is 1.